The Kier molecular flexibility index (Phi) is 8.35. The predicted molar refractivity (Wildman–Crippen MR) is 78.7 cm³/mol. The highest BCUT2D eigenvalue weighted by molar-refractivity contribution is 5.87. The Morgan fingerprint density at radius 1 is 1.35 bits per heavy atom. The lowest BCUT2D eigenvalue weighted by atomic mass is 10.1. The Labute approximate surface area is 124 Å². The molecule has 20 heavy (non-hydrogen) atoms. The van der Waals surface area contributed by atoms with Gasteiger partial charge < -0.3 is 21.5 Å². The number of para-hydroxylation sites is 1. The SMILES string of the molecule is COc1ccccc1CCNC(=O)C(N)CC(N)=O.Cl. The molecule has 2 amide bonds. The van der Waals surface area contributed by atoms with Crippen molar-refractivity contribution in [3.05, 3.63) is 29.8 Å². The van der Waals surface area contributed by atoms with E-state index in [1.165, 1.54) is 0 Å². The second-order valence-corrected chi connectivity index (χ2v) is 4.13. The average molecular weight is 302 g/mol. The van der Waals surface area contributed by atoms with E-state index < -0.39 is 11.9 Å². The molecular formula is C13H20ClN3O3. The van der Waals surface area contributed by atoms with E-state index in [9.17, 15) is 9.59 Å². The van der Waals surface area contributed by atoms with Crippen LogP contribution in [0.2, 0.25) is 0 Å². The lowest BCUT2D eigenvalue weighted by Gasteiger charge is -2.12. The number of nitrogens with two attached hydrogens (primary N) is 2. The number of benzene rings is 1. The van der Waals surface area contributed by atoms with Gasteiger partial charge >= 0.3 is 0 Å². The number of nitrogens with one attached hydrogen (secondary N) is 1. The van der Waals surface area contributed by atoms with Crippen molar-refractivity contribution in [3.8, 4) is 5.75 Å². The molecule has 0 aromatic heterocycles. The third-order valence-electron chi connectivity index (χ3n) is 2.64. The summed E-state index contributed by atoms with van der Waals surface area (Å²) in [6.45, 7) is 0.422. The fraction of sp³-hybridized carbons (Fsp3) is 0.385. The van der Waals surface area contributed by atoms with Crippen molar-refractivity contribution in [2.45, 2.75) is 18.9 Å². The molecular weight excluding hydrogens is 282 g/mol. The lowest BCUT2D eigenvalue weighted by molar-refractivity contribution is -0.126. The van der Waals surface area contributed by atoms with Gasteiger partial charge in [0.2, 0.25) is 11.8 Å². The molecule has 0 fully saturated rings. The zero-order valence-corrected chi connectivity index (χ0v) is 12.1. The fourth-order valence-corrected chi connectivity index (χ4v) is 1.67. The van der Waals surface area contributed by atoms with Crippen LogP contribution in [0.25, 0.3) is 0 Å². The summed E-state index contributed by atoms with van der Waals surface area (Å²) < 4.78 is 5.20. The van der Waals surface area contributed by atoms with Gasteiger partial charge in [0.25, 0.3) is 0 Å². The zero-order chi connectivity index (χ0) is 14.3. The molecule has 1 rings (SSSR count). The number of ether oxygens (including phenoxy) is 1. The Hall–Kier alpha value is -1.79. The molecule has 7 heteroatoms. The Bertz CT molecular complexity index is 454. The number of carbonyl (C=O) groups is 2. The Balaban J connectivity index is 0.00000361. The molecule has 0 saturated carbocycles. The van der Waals surface area contributed by atoms with E-state index in [0.29, 0.717) is 13.0 Å². The Morgan fingerprint density at radius 2 is 2.00 bits per heavy atom. The minimum atomic E-state index is -0.893. The van der Waals surface area contributed by atoms with Crippen LogP contribution in [-0.4, -0.2) is 31.5 Å². The molecule has 1 atom stereocenters. The first-order valence-corrected chi connectivity index (χ1v) is 5.98. The molecule has 0 bridgehead atoms. The molecule has 0 radical (unpaired) electrons. The van der Waals surface area contributed by atoms with Gasteiger partial charge in [-0.1, -0.05) is 18.2 Å². The van der Waals surface area contributed by atoms with Crippen LogP contribution >= 0.6 is 12.4 Å². The van der Waals surface area contributed by atoms with Crippen LogP contribution in [0.1, 0.15) is 12.0 Å². The highest BCUT2D eigenvalue weighted by Crippen LogP contribution is 2.17. The summed E-state index contributed by atoms with van der Waals surface area (Å²) in [5, 5.41) is 2.66. The number of carbonyl (C=O) groups excluding carboxylic acids is 2. The van der Waals surface area contributed by atoms with E-state index >= 15 is 0 Å². The van der Waals surface area contributed by atoms with Crippen LogP contribution in [0.4, 0.5) is 0 Å². The van der Waals surface area contributed by atoms with Gasteiger partial charge in [0.05, 0.1) is 19.6 Å². The van der Waals surface area contributed by atoms with Crippen LogP contribution in [0.15, 0.2) is 24.3 Å². The standard InChI is InChI=1S/C13H19N3O3.ClH/c1-19-11-5-3-2-4-9(11)6-7-16-13(18)10(14)8-12(15)17;/h2-5,10H,6-8,14H2,1H3,(H2,15,17)(H,16,18);1H. The summed E-state index contributed by atoms with van der Waals surface area (Å²) in [5.74, 6) is -0.195. The van der Waals surface area contributed by atoms with Crippen LogP contribution in [-0.2, 0) is 16.0 Å². The first kappa shape index (κ1) is 18.2. The maximum absolute atomic E-state index is 11.5. The number of hydrogen-bond donors (Lipinski definition) is 3. The summed E-state index contributed by atoms with van der Waals surface area (Å²) >= 11 is 0. The van der Waals surface area contributed by atoms with Crippen molar-refractivity contribution in [2.75, 3.05) is 13.7 Å². The van der Waals surface area contributed by atoms with Crippen molar-refractivity contribution in [2.24, 2.45) is 11.5 Å². The number of amides is 2. The van der Waals surface area contributed by atoms with Gasteiger partial charge in [-0.25, -0.2) is 0 Å². The highest BCUT2D eigenvalue weighted by Gasteiger charge is 2.15. The zero-order valence-electron chi connectivity index (χ0n) is 11.3. The summed E-state index contributed by atoms with van der Waals surface area (Å²) in [6.07, 6.45) is 0.472. The van der Waals surface area contributed by atoms with Gasteiger partial charge in [-0.15, -0.1) is 12.4 Å². The quantitative estimate of drug-likeness (QED) is 0.657. The van der Waals surface area contributed by atoms with Crippen molar-refractivity contribution in [3.63, 3.8) is 0 Å². The maximum Gasteiger partial charge on any atom is 0.237 e. The van der Waals surface area contributed by atoms with E-state index in [2.05, 4.69) is 5.32 Å². The summed E-state index contributed by atoms with van der Waals surface area (Å²) in [4.78, 5) is 22.2. The van der Waals surface area contributed by atoms with E-state index in [-0.39, 0.29) is 24.7 Å². The van der Waals surface area contributed by atoms with Crippen molar-refractivity contribution >= 4 is 24.2 Å². The van der Waals surface area contributed by atoms with Gasteiger partial charge in [0.1, 0.15) is 5.75 Å². The molecule has 0 aliphatic rings. The normalized spacial score (nSPS) is 11.1. The summed E-state index contributed by atoms with van der Waals surface area (Å²) in [6, 6.07) is 6.67. The van der Waals surface area contributed by atoms with Crippen molar-refractivity contribution in [1.82, 2.24) is 5.32 Å². The van der Waals surface area contributed by atoms with Gasteiger partial charge in [0, 0.05) is 6.54 Å². The van der Waals surface area contributed by atoms with Crippen LogP contribution in [0, 0.1) is 0 Å². The molecule has 1 aromatic rings. The Morgan fingerprint density at radius 3 is 2.60 bits per heavy atom. The van der Waals surface area contributed by atoms with Gasteiger partial charge in [-0.3, -0.25) is 9.59 Å². The number of hydrogen-bond acceptors (Lipinski definition) is 4. The van der Waals surface area contributed by atoms with E-state index in [4.69, 9.17) is 16.2 Å². The molecule has 112 valence electrons. The molecule has 0 spiro atoms. The van der Waals surface area contributed by atoms with Crippen LogP contribution in [0.5, 0.6) is 5.75 Å². The van der Waals surface area contributed by atoms with Gasteiger partial charge in [0.15, 0.2) is 0 Å². The largest absolute Gasteiger partial charge is 0.496 e. The molecule has 0 heterocycles. The van der Waals surface area contributed by atoms with Gasteiger partial charge in [-0.2, -0.15) is 0 Å². The van der Waals surface area contributed by atoms with Crippen LogP contribution in [0.3, 0.4) is 0 Å². The molecule has 0 aliphatic carbocycles. The van der Waals surface area contributed by atoms with Crippen molar-refractivity contribution in [1.29, 1.82) is 0 Å². The van der Waals surface area contributed by atoms with E-state index in [1.807, 2.05) is 24.3 Å². The third-order valence-corrected chi connectivity index (χ3v) is 2.64. The summed E-state index contributed by atoms with van der Waals surface area (Å²) in [7, 11) is 1.60. The number of primary amides is 1. The highest BCUT2D eigenvalue weighted by atomic mass is 35.5. The number of methoxy groups -OCH3 is 1. The average Bonchev–Trinajstić information content (AvgIpc) is 2.38. The minimum Gasteiger partial charge on any atom is -0.496 e. The second kappa shape index (κ2) is 9.17. The maximum atomic E-state index is 11.5. The number of halogens is 1. The molecule has 0 aliphatic heterocycles. The molecule has 1 aromatic carbocycles. The molecule has 1 unspecified atom stereocenters. The number of rotatable bonds is 7. The van der Waals surface area contributed by atoms with Gasteiger partial charge in [-0.05, 0) is 18.1 Å². The first-order chi connectivity index (χ1) is 9.04. The lowest BCUT2D eigenvalue weighted by Crippen LogP contribution is -2.43. The predicted octanol–water partition coefficient (Wildman–Crippen LogP) is -0.0216. The van der Waals surface area contributed by atoms with E-state index in [0.717, 1.165) is 11.3 Å². The monoisotopic (exact) mass is 301 g/mol. The van der Waals surface area contributed by atoms with Crippen LogP contribution < -0.4 is 21.5 Å². The fourth-order valence-electron chi connectivity index (χ4n) is 1.67. The van der Waals surface area contributed by atoms with E-state index in [1.54, 1.807) is 7.11 Å². The third kappa shape index (κ3) is 5.90. The topological polar surface area (TPSA) is 107 Å². The first-order valence-electron chi connectivity index (χ1n) is 5.98. The summed E-state index contributed by atoms with van der Waals surface area (Å²) in [5.41, 5.74) is 11.5. The smallest absolute Gasteiger partial charge is 0.237 e. The molecule has 5 N–H and O–H groups in total. The minimum absolute atomic E-state index is 0. The van der Waals surface area contributed by atoms with Crippen molar-refractivity contribution < 1.29 is 14.3 Å². The second-order valence-electron chi connectivity index (χ2n) is 4.13. The molecule has 6 nitrogen and oxygen atoms in total. The molecule has 0 saturated heterocycles.